The zero-order chi connectivity index (χ0) is 15.2. The Hall–Kier alpha value is -2.14. The maximum Gasteiger partial charge on any atom is 0.251 e. The topological polar surface area (TPSA) is 40.0 Å². The van der Waals surface area contributed by atoms with E-state index >= 15 is 0 Å². The Labute approximate surface area is 134 Å². The van der Waals surface area contributed by atoms with Crippen LogP contribution in [0, 0.1) is 0 Å². The molecule has 0 radical (unpaired) electrons. The van der Waals surface area contributed by atoms with Crippen molar-refractivity contribution in [2.24, 2.45) is 4.99 Å². The molecule has 2 aromatic carbocycles. The van der Waals surface area contributed by atoms with Gasteiger partial charge in [0.05, 0.1) is 12.8 Å². The fourth-order valence-electron chi connectivity index (χ4n) is 1.98. The summed E-state index contributed by atoms with van der Waals surface area (Å²) in [5, 5.41) is 0.687. The highest BCUT2D eigenvalue weighted by Crippen LogP contribution is 2.25. The molecule has 1 saturated heterocycles. The summed E-state index contributed by atoms with van der Waals surface area (Å²) in [6.45, 7) is 0.526. The fourth-order valence-corrected chi connectivity index (χ4v) is 2.85. The number of hydrogen-bond donors (Lipinski definition) is 0. The summed E-state index contributed by atoms with van der Waals surface area (Å²) in [5.74, 6) is 2.52. The standard InChI is InChI=1S/C17H17NO3S/c1-19-14-9-7-13(8-10-14)18-17-21-16(12-22-17)11-20-15-5-3-2-4-6-15/h2-10,16H,11-12H2,1H3. The predicted molar refractivity (Wildman–Crippen MR) is 89.4 cm³/mol. The minimum absolute atomic E-state index is 0.0298. The molecule has 0 aliphatic carbocycles. The highest BCUT2D eigenvalue weighted by Gasteiger charge is 2.23. The van der Waals surface area contributed by atoms with E-state index in [0.717, 1.165) is 22.9 Å². The van der Waals surface area contributed by atoms with E-state index in [-0.39, 0.29) is 6.10 Å². The van der Waals surface area contributed by atoms with Gasteiger partial charge in [-0.15, -0.1) is 0 Å². The van der Waals surface area contributed by atoms with E-state index in [1.165, 1.54) is 0 Å². The molecule has 1 heterocycles. The Kier molecular flexibility index (Phi) is 4.85. The van der Waals surface area contributed by atoms with Gasteiger partial charge in [0.25, 0.3) is 5.23 Å². The molecule has 1 atom stereocenters. The van der Waals surface area contributed by atoms with Gasteiger partial charge in [0.1, 0.15) is 24.2 Å². The molecule has 22 heavy (non-hydrogen) atoms. The van der Waals surface area contributed by atoms with Gasteiger partial charge >= 0.3 is 0 Å². The number of nitrogens with zero attached hydrogens (tertiary/aromatic N) is 1. The second kappa shape index (κ2) is 7.22. The summed E-state index contributed by atoms with van der Waals surface area (Å²) in [4.78, 5) is 4.48. The van der Waals surface area contributed by atoms with Gasteiger partial charge in [-0.2, -0.15) is 0 Å². The number of aliphatic imine (C=N–C) groups is 1. The van der Waals surface area contributed by atoms with E-state index in [0.29, 0.717) is 11.8 Å². The van der Waals surface area contributed by atoms with Crippen molar-refractivity contribution in [3.63, 3.8) is 0 Å². The third-order valence-corrected chi connectivity index (χ3v) is 4.11. The number of thioether (sulfide) groups is 1. The molecule has 1 aliphatic heterocycles. The van der Waals surface area contributed by atoms with Crippen molar-refractivity contribution in [1.82, 2.24) is 0 Å². The lowest BCUT2D eigenvalue weighted by molar-refractivity contribution is 0.148. The average Bonchev–Trinajstić information content (AvgIpc) is 3.02. The summed E-state index contributed by atoms with van der Waals surface area (Å²) in [7, 11) is 1.65. The Bertz CT molecular complexity index is 628. The zero-order valence-corrected chi connectivity index (χ0v) is 13.1. The molecule has 0 saturated carbocycles. The molecule has 5 heteroatoms. The van der Waals surface area contributed by atoms with E-state index in [2.05, 4.69) is 4.99 Å². The van der Waals surface area contributed by atoms with E-state index in [1.807, 2.05) is 54.6 Å². The lowest BCUT2D eigenvalue weighted by atomic mass is 10.3. The molecule has 3 rings (SSSR count). The maximum absolute atomic E-state index is 5.80. The van der Waals surface area contributed by atoms with Gasteiger partial charge in [-0.3, -0.25) is 0 Å². The lowest BCUT2D eigenvalue weighted by Crippen LogP contribution is -2.19. The van der Waals surface area contributed by atoms with Crippen LogP contribution in [0.15, 0.2) is 59.6 Å². The molecule has 2 aromatic rings. The summed E-state index contributed by atoms with van der Waals surface area (Å²) < 4.78 is 16.6. The second-order valence-electron chi connectivity index (χ2n) is 4.75. The monoisotopic (exact) mass is 315 g/mol. The first-order valence-electron chi connectivity index (χ1n) is 7.03. The lowest BCUT2D eigenvalue weighted by Gasteiger charge is -2.11. The summed E-state index contributed by atoms with van der Waals surface area (Å²) in [6, 6.07) is 17.3. The van der Waals surface area contributed by atoms with E-state index in [1.54, 1.807) is 18.9 Å². The van der Waals surface area contributed by atoms with Crippen molar-refractivity contribution in [3.8, 4) is 11.5 Å². The van der Waals surface area contributed by atoms with Crippen molar-refractivity contribution in [3.05, 3.63) is 54.6 Å². The van der Waals surface area contributed by atoms with Crippen LogP contribution in [0.25, 0.3) is 0 Å². The predicted octanol–water partition coefficient (Wildman–Crippen LogP) is 3.89. The molecule has 0 bridgehead atoms. The first kappa shape index (κ1) is 14.8. The van der Waals surface area contributed by atoms with Crippen LogP contribution in [0.1, 0.15) is 0 Å². The molecular formula is C17H17NO3S. The number of ether oxygens (including phenoxy) is 3. The van der Waals surface area contributed by atoms with Crippen LogP contribution in [0.2, 0.25) is 0 Å². The van der Waals surface area contributed by atoms with Crippen LogP contribution in [-0.4, -0.2) is 30.8 Å². The van der Waals surface area contributed by atoms with Crippen LogP contribution in [0.5, 0.6) is 11.5 Å². The van der Waals surface area contributed by atoms with Crippen molar-refractivity contribution in [2.45, 2.75) is 6.10 Å². The van der Waals surface area contributed by atoms with Gasteiger partial charge in [0, 0.05) is 5.75 Å². The Morgan fingerprint density at radius 1 is 1.09 bits per heavy atom. The van der Waals surface area contributed by atoms with Crippen LogP contribution >= 0.6 is 11.8 Å². The van der Waals surface area contributed by atoms with Crippen LogP contribution < -0.4 is 9.47 Å². The number of methoxy groups -OCH3 is 1. The number of para-hydroxylation sites is 1. The first-order valence-corrected chi connectivity index (χ1v) is 8.02. The smallest absolute Gasteiger partial charge is 0.251 e. The van der Waals surface area contributed by atoms with Crippen molar-refractivity contribution >= 4 is 22.7 Å². The molecule has 1 aliphatic rings. The normalized spacial score (nSPS) is 19.0. The van der Waals surface area contributed by atoms with E-state index < -0.39 is 0 Å². The van der Waals surface area contributed by atoms with Crippen molar-refractivity contribution in [1.29, 1.82) is 0 Å². The van der Waals surface area contributed by atoms with E-state index in [4.69, 9.17) is 14.2 Å². The van der Waals surface area contributed by atoms with Gasteiger partial charge in [-0.25, -0.2) is 4.99 Å². The van der Waals surface area contributed by atoms with Crippen LogP contribution in [0.3, 0.4) is 0 Å². The molecule has 114 valence electrons. The third-order valence-electron chi connectivity index (χ3n) is 3.13. The second-order valence-corrected chi connectivity index (χ2v) is 5.72. The molecular weight excluding hydrogens is 298 g/mol. The summed E-state index contributed by atoms with van der Waals surface area (Å²) >= 11 is 1.61. The molecule has 0 aromatic heterocycles. The van der Waals surface area contributed by atoms with Gasteiger partial charge in [0.15, 0.2) is 0 Å². The van der Waals surface area contributed by atoms with Gasteiger partial charge < -0.3 is 14.2 Å². The van der Waals surface area contributed by atoms with E-state index in [9.17, 15) is 0 Å². The van der Waals surface area contributed by atoms with Crippen LogP contribution in [-0.2, 0) is 4.74 Å². The molecule has 1 unspecified atom stereocenters. The number of benzene rings is 2. The Morgan fingerprint density at radius 2 is 1.86 bits per heavy atom. The highest BCUT2D eigenvalue weighted by atomic mass is 32.2. The SMILES string of the molecule is COc1ccc(N=C2OC(COc3ccccc3)CS2)cc1. The number of rotatable bonds is 5. The van der Waals surface area contributed by atoms with Gasteiger partial charge in [-0.1, -0.05) is 30.0 Å². The zero-order valence-electron chi connectivity index (χ0n) is 12.3. The molecule has 0 spiro atoms. The molecule has 0 N–H and O–H groups in total. The first-order chi connectivity index (χ1) is 10.8. The Balaban J connectivity index is 1.54. The summed E-state index contributed by atoms with van der Waals surface area (Å²) in [5.41, 5.74) is 0.855. The fraction of sp³-hybridized carbons (Fsp3) is 0.235. The summed E-state index contributed by atoms with van der Waals surface area (Å²) in [6.07, 6.45) is 0.0298. The molecule has 1 fully saturated rings. The van der Waals surface area contributed by atoms with Gasteiger partial charge in [0.2, 0.25) is 0 Å². The maximum atomic E-state index is 5.80. The minimum Gasteiger partial charge on any atom is -0.497 e. The van der Waals surface area contributed by atoms with Crippen molar-refractivity contribution in [2.75, 3.05) is 19.5 Å². The minimum atomic E-state index is 0.0298. The van der Waals surface area contributed by atoms with Crippen molar-refractivity contribution < 1.29 is 14.2 Å². The van der Waals surface area contributed by atoms with Gasteiger partial charge in [-0.05, 0) is 36.4 Å². The Morgan fingerprint density at radius 3 is 2.59 bits per heavy atom. The number of hydrogen-bond acceptors (Lipinski definition) is 5. The highest BCUT2D eigenvalue weighted by molar-refractivity contribution is 8.13. The van der Waals surface area contributed by atoms with Crippen LogP contribution in [0.4, 0.5) is 5.69 Å². The largest absolute Gasteiger partial charge is 0.497 e. The molecule has 4 nitrogen and oxygen atoms in total. The third kappa shape index (κ3) is 3.95. The molecule has 0 amide bonds. The quantitative estimate of drug-likeness (QED) is 0.839. The average molecular weight is 315 g/mol.